The molecular weight excluding hydrogens is 453 g/mol. The van der Waals surface area contributed by atoms with E-state index in [4.69, 9.17) is 16.3 Å². The fourth-order valence-electron chi connectivity index (χ4n) is 2.64. The van der Waals surface area contributed by atoms with Gasteiger partial charge in [-0.2, -0.15) is 13.2 Å². The topological polar surface area (TPSA) is 69.0 Å². The molecule has 0 aliphatic carbocycles. The molecule has 0 atom stereocenters. The molecule has 164 valence electrons. The average molecular weight is 471 g/mol. The average Bonchev–Trinajstić information content (AvgIpc) is 3.14. The third-order valence-corrected chi connectivity index (χ3v) is 5.42. The monoisotopic (exact) mass is 470 g/mol. The highest BCUT2D eigenvalue weighted by atomic mass is 35.5. The fraction of sp³-hybridized carbons (Fsp3) is 0.250. The molecule has 0 spiro atoms. The van der Waals surface area contributed by atoms with Crippen LogP contribution in [0.3, 0.4) is 0 Å². The van der Waals surface area contributed by atoms with Gasteiger partial charge in [0, 0.05) is 6.54 Å². The molecule has 3 rings (SSSR count). The Morgan fingerprint density at radius 2 is 1.97 bits per heavy atom. The lowest BCUT2D eigenvalue weighted by atomic mass is 10.2. The minimum atomic E-state index is -4.45. The van der Waals surface area contributed by atoms with Crippen LogP contribution < -0.4 is 10.1 Å². The van der Waals surface area contributed by atoms with Crippen LogP contribution in [-0.4, -0.2) is 26.4 Å². The van der Waals surface area contributed by atoms with Gasteiger partial charge in [0.1, 0.15) is 12.4 Å². The van der Waals surface area contributed by atoms with E-state index >= 15 is 0 Å². The number of benzene rings is 2. The van der Waals surface area contributed by atoms with Crippen molar-refractivity contribution in [3.63, 3.8) is 0 Å². The molecule has 0 aliphatic heterocycles. The molecule has 31 heavy (non-hydrogen) atoms. The Hall–Kier alpha value is -2.72. The molecule has 0 unspecified atom stereocenters. The zero-order valence-electron chi connectivity index (χ0n) is 16.3. The van der Waals surface area contributed by atoms with Crippen molar-refractivity contribution in [2.45, 2.75) is 31.4 Å². The maximum atomic E-state index is 12.8. The van der Waals surface area contributed by atoms with Crippen LogP contribution in [0.2, 0.25) is 5.02 Å². The van der Waals surface area contributed by atoms with Gasteiger partial charge in [0.2, 0.25) is 5.91 Å². The molecule has 1 aromatic heterocycles. The Balaban J connectivity index is 1.60. The van der Waals surface area contributed by atoms with E-state index in [-0.39, 0.29) is 24.0 Å². The number of amides is 1. The van der Waals surface area contributed by atoms with Crippen LogP contribution in [0.25, 0.3) is 0 Å². The number of hydrogen-bond acceptors (Lipinski definition) is 5. The van der Waals surface area contributed by atoms with E-state index in [2.05, 4.69) is 15.5 Å². The third-order valence-electron chi connectivity index (χ3n) is 4.12. The van der Waals surface area contributed by atoms with Gasteiger partial charge in [-0.1, -0.05) is 41.6 Å². The van der Waals surface area contributed by atoms with E-state index in [0.717, 1.165) is 12.1 Å². The Kier molecular flexibility index (Phi) is 7.45. The van der Waals surface area contributed by atoms with Crippen molar-refractivity contribution in [1.82, 2.24) is 14.8 Å². The van der Waals surface area contributed by atoms with Gasteiger partial charge < -0.3 is 14.6 Å². The number of carbonyl (C=O) groups is 1. The van der Waals surface area contributed by atoms with Crippen LogP contribution in [0.15, 0.2) is 53.7 Å². The van der Waals surface area contributed by atoms with Crippen molar-refractivity contribution < 1.29 is 22.7 Å². The SMILES string of the molecule is CCn1c(COc2cccc(C(F)(F)F)c2)nnc1SCC(=O)Nc1ccccc1Cl. The minimum Gasteiger partial charge on any atom is -0.486 e. The molecule has 0 saturated heterocycles. The Labute approximate surface area is 185 Å². The molecule has 2 aromatic carbocycles. The van der Waals surface area contributed by atoms with Crippen molar-refractivity contribution in [1.29, 1.82) is 0 Å². The third kappa shape index (κ3) is 6.14. The van der Waals surface area contributed by atoms with Gasteiger partial charge in [-0.05, 0) is 37.3 Å². The highest BCUT2D eigenvalue weighted by Crippen LogP contribution is 2.31. The fourth-order valence-corrected chi connectivity index (χ4v) is 3.64. The lowest BCUT2D eigenvalue weighted by molar-refractivity contribution is -0.137. The number of nitrogens with zero attached hydrogens (tertiary/aromatic N) is 3. The number of ether oxygens (including phenoxy) is 1. The summed E-state index contributed by atoms with van der Waals surface area (Å²) >= 11 is 7.22. The highest BCUT2D eigenvalue weighted by molar-refractivity contribution is 7.99. The van der Waals surface area contributed by atoms with Gasteiger partial charge >= 0.3 is 6.18 Å². The number of carbonyl (C=O) groups excluding carboxylic acids is 1. The minimum absolute atomic E-state index is 0.0610. The first-order valence-electron chi connectivity index (χ1n) is 9.17. The first kappa shape index (κ1) is 23.0. The number of para-hydroxylation sites is 1. The lowest BCUT2D eigenvalue weighted by Gasteiger charge is -2.11. The quantitative estimate of drug-likeness (QED) is 0.454. The molecule has 3 aromatic rings. The number of aromatic nitrogens is 3. The molecule has 1 heterocycles. The summed E-state index contributed by atoms with van der Waals surface area (Å²) in [6.07, 6.45) is -4.45. The molecule has 1 N–H and O–H groups in total. The van der Waals surface area contributed by atoms with Crippen molar-refractivity contribution >= 4 is 35.0 Å². The zero-order valence-corrected chi connectivity index (χ0v) is 17.9. The van der Waals surface area contributed by atoms with Gasteiger partial charge in [-0.3, -0.25) is 4.79 Å². The van der Waals surface area contributed by atoms with Crippen LogP contribution in [-0.2, 0) is 24.1 Å². The summed E-state index contributed by atoms with van der Waals surface area (Å²) in [4.78, 5) is 12.2. The van der Waals surface area contributed by atoms with Crippen LogP contribution >= 0.6 is 23.4 Å². The number of thioether (sulfide) groups is 1. The highest BCUT2D eigenvalue weighted by Gasteiger charge is 2.30. The van der Waals surface area contributed by atoms with Gasteiger partial charge in [-0.25, -0.2) is 0 Å². The molecule has 1 amide bonds. The van der Waals surface area contributed by atoms with Crippen molar-refractivity contribution in [2.75, 3.05) is 11.1 Å². The second-order valence-corrected chi connectivity index (χ2v) is 7.62. The molecule has 0 fully saturated rings. The number of halogens is 4. The number of nitrogens with one attached hydrogen (secondary N) is 1. The second kappa shape index (κ2) is 10.1. The molecule has 0 radical (unpaired) electrons. The van der Waals surface area contributed by atoms with E-state index in [1.807, 2.05) is 6.92 Å². The van der Waals surface area contributed by atoms with Crippen molar-refractivity contribution in [3.8, 4) is 5.75 Å². The molecule has 0 aliphatic rings. The second-order valence-electron chi connectivity index (χ2n) is 6.27. The predicted octanol–water partition coefficient (Wildman–Crippen LogP) is 5.28. The van der Waals surface area contributed by atoms with Crippen molar-refractivity contribution in [3.05, 3.63) is 64.9 Å². The van der Waals surface area contributed by atoms with Gasteiger partial charge in [0.15, 0.2) is 11.0 Å². The van der Waals surface area contributed by atoms with E-state index in [1.165, 1.54) is 23.9 Å². The van der Waals surface area contributed by atoms with Crippen molar-refractivity contribution in [2.24, 2.45) is 0 Å². The first-order chi connectivity index (χ1) is 14.8. The first-order valence-corrected chi connectivity index (χ1v) is 10.5. The molecular formula is C20H18ClF3N4O2S. The van der Waals surface area contributed by atoms with Crippen LogP contribution in [0.1, 0.15) is 18.3 Å². The van der Waals surface area contributed by atoms with E-state index < -0.39 is 11.7 Å². The predicted molar refractivity (Wildman–Crippen MR) is 112 cm³/mol. The maximum absolute atomic E-state index is 12.8. The van der Waals surface area contributed by atoms with Gasteiger partial charge in [0.25, 0.3) is 0 Å². The van der Waals surface area contributed by atoms with Crippen LogP contribution in [0, 0.1) is 0 Å². The molecule has 0 saturated carbocycles. The standard InChI is InChI=1S/C20H18ClF3N4O2S/c1-2-28-17(11-30-14-7-5-6-13(10-14)20(22,23)24)26-27-19(28)31-12-18(29)25-16-9-4-3-8-15(16)21/h3-10H,2,11-12H2,1H3,(H,25,29). The molecule has 6 nitrogen and oxygen atoms in total. The lowest BCUT2D eigenvalue weighted by Crippen LogP contribution is -2.15. The van der Waals surface area contributed by atoms with E-state index in [1.54, 1.807) is 28.8 Å². The summed E-state index contributed by atoms with van der Waals surface area (Å²) < 4.78 is 45.7. The number of alkyl halides is 3. The smallest absolute Gasteiger partial charge is 0.416 e. The molecule has 11 heteroatoms. The summed E-state index contributed by atoms with van der Waals surface area (Å²) in [6.45, 7) is 2.31. The number of anilines is 1. The van der Waals surface area contributed by atoms with E-state index in [9.17, 15) is 18.0 Å². The van der Waals surface area contributed by atoms with Gasteiger partial charge in [-0.15, -0.1) is 10.2 Å². The zero-order chi connectivity index (χ0) is 22.4. The summed E-state index contributed by atoms with van der Waals surface area (Å²) in [7, 11) is 0. The Morgan fingerprint density at radius 1 is 1.19 bits per heavy atom. The Morgan fingerprint density at radius 3 is 2.68 bits per heavy atom. The maximum Gasteiger partial charge on any atom is 0.416 e. The Bertz CT molecular complexity index is 1060. The van der Waals surface area contributed by atoms with Crippen LogP contribution in [0.5, 0.6) is 5.75 Å². The summed E-state index contributed by atoms with van der Waals surface area (Å²) in [5.74, 6) is 0.339. The molecule has 0 bridgehead atoms. The van der Waals surface area contributed by atoms with E-state index in [0.29, 0.717) is 28.2 Å². The summed E-state index contributed by atoms with van der Waals surface area (Å²) in [6, 6.07) is 11.5. The van der Waals surface area contributed by atoms with Crippen LogP contribution in [0.4, 0.5) is 18.9 Å². The summed E-state index contributed by atoms with van der Waals surface area (Å²) in [5.41, 5.74) is -0.273. The number of rotatable bonds is 8. The van der Waals surface area contributed by atoms with Gasteiger partial charge in [0.05, 0.1) is 22.0 Å². The number of hydrogen-bond donors (Lipinski definition) is 1. The summed E-state index contributed by atoms with van der Waals surface area (Å²) in [5, 5.41) is 11.8. The normalized spacial score (nSPS) is 11.4. The largest absolute Gasteiger partial charge is 0.486 e.